The molecule has 0 saturated carbocycles. The summed E-state index contributed by atoms with van der Waals surface area (Å²) in [6, 6.07) is 20.5. The number of rotatable bonds is 8. The Balaban J connectivity index is 1.09. The largest absolute Gasteiger partial charge is 0.453 e. The number of fused-ring (bicyclic) bond motifs is 1. The lowest BCUT2D eigenvalue weighted by atomic mass is 10.0. The molecule has 238 valence electrons. The number of carbonyl (C=O) groups is 1. The Labute approximate surface area is 281 Å². The Hall–Kier alpha value is -4.73. The second-order valence-corrected chi connectivity index (χ2v) is 12.7. The summed E-state index contributed by atoms with van der Waals surface area (Å²) >= 11 is 6.77. The van der Waals surface area contributed by atoms with Crippen LogP contribution in [0.25, 0.3) is 20.7 Å². The van der Waals surface area contributed by atoms with Crippen molar-refractivity contribution in [2.75, 3.05) is 38.5 Å². The molecule has 2 N–H and O–H groups in total. The summed E-state index contributed by atoms with van der Waals surface area (Å²) in [6.07, 6.45) is 6.96. The summed E-state index contributed by atoms with van der Waals surface area (Å²) < 4.78 is 35.5. The third-order valence-electron chi connectivity index (χ3n) is 7.86. The van der Waals surface area contributed by atoms with Crippen molar-refractivity contribution in [2.45, 2.75) is 13.0 Å². The van der Waals surface area contributed by atoms with Crippen LogP contribution in [0.4, 0.5) is 14.5 Å². The van der Waals surface area contributed by atoms with Gasteiger partial charge in [0, 0.05) is 67.2 Å². The van der Waals surface area contributed by atoms with Gasteiger partial charge in [-0.15, -0.1) is 17.8 Å². The molecule has 7 nitrogen and oxygen atoms in total. The van der Waals surface area contributed by atoms with E-state index in [2.05, 4.69) is 62.7 Å². The minimum absolute atomic E-state index is 0.0262. The maximum Gasteiger partial charge on any atom is 0.230 e. The van der Waals surface area contributed by atoms with Crippen LogP contribution in [0.2, 0.25) is 0 Å². The van der Waals surface area contributed by atoms with Gasteiger partial charge in [0.2, 0.25) is 5.91 Å². The van der Waals surface area contributed by atoms with Crippen molar-refractivity contribution in [3.05, 3.63) is 107 Å². The van der Waals surface area contributed by atoms with E-state index in [4.69, 9.17) is 23.4 Å². The minimum atomic E-state index is -0.619. The second kappa shape index (κ2) is 14.4. The van der Waals surface area contributed by atoms with E-state index in [0.29, 0.717) is 17.0 Å². The number of halogens is 2. The molecule has 0 aliphatic carbocycles. The van der Waals surface area contributed by atoms with Gasteiger partial charge in [0.05, 0.1) is 16.6 Å². The van der Waals surface area contributed by atoms with Crippen LogP contribution in [0.5, 0.6) is 11.5 Å². The molecule has 0 spiro atoms. The maximum atomic E-state index is 15.2. The molecule has 5 aromatic rings. The SMILES string of the molecule is C#Cc1cc(F)ccc1CC(=O)NC(=S)Nc1ccc(Oc2ccnc3cc(-c4ccc(CN5CCN(C)CC5)cc4)sc23)c(F)c1. The van der Waals surface area contributed by atoms with Gasteiger partial charge >= 0.3 is 0 Å². The van der Waals surface area contributed by atoms with Crippen LogP contribution in [0.3, 0.4) is 0 Å². The topological polar surface area (TPSA) is 69.7 Å². The smallest absolute Gasteiger partial charge is 0.230 e. The first-order valence-electron chi connectivity index (χ1n) is 15.0. The number of piperazine rings is 1. The second-order valence-electron chi connectivity index (χ2n) is 11.3. The van der Waals surface area contributed by atoms with Gasteiger partial charge in [0.25, 0.3) is 0 Å². The van der Waals surface area contributed by atoms with Gasteiger partial charge in [-0.25, -0.2) is 8.78 Å². The van der Waals surface area contributed by atoms with Crippen LogP contribution in [-0.2, 0) is 17.8 Å². The molecule has 0 bridgehead atoms. The van der Waals surface area contributed by atoms with Crippen LogP contribution >= 0.6 is 23.6 Å². The van der Waals surface area contributed by atoms with Gasteiger partial charge in [-0.2, -0.15) is 0 Å². The first kappa shape index (κ1) is 32.2. The molecule has 0 atom stereocenters. The number of likely N-dealkylation sites (N-methyl/N-ethyl adjacent to an activating group) is 1. The highest BCUT2D eigenvalue weighted by Crippen LogP contribution is 2.40. The standard InChI is InChI=1S/C36H31F2N5O2S2/c1-3-24-18-27(37)9-8-26(24)19-34(44)41-36(46)40-28-10-11-31(29(38)20-28)45-32-12-13-39-30-21-33(47-35(30)32)25-6-4-23(5-7-25)22-43-16-14-42(2)15-17-43/h1,4-13,18,20-21H,14-17,19,22H2,2H3,(H2,40,41,44,46). The molecule has 3 heterocycles. The number of carbonyl (C=O) groups excluding carboxylic acids is 1. The van der Waals surface area contributed by atoms with Crippen molar-refractivity contribution in [2.24, 2.45) is 0 Å². The third-order valence-corrected chi connectivity index (χ3v) is 9.25. The maximum absolute atomic E-state index is 15.2. The highest BCUT2D eigenvalue weighted by molar-refractivity contribution is 7.80. The number of nitrogens with zero attached hydrogens (tertiary/aromatic N) is 3. The van der Waals surface area contributed by atoms with Gasteiger partial charge in [-0.3, -0.25) is 14.7 Å². The van der Waals surface area contributed by atoms with Crippen molar-refractivity contribution >= 4 is 50.5 Å². The normalized spacial score (nSPS) is 13.7. The Morgan fingerprint density at radius 2 is 1.81 bits per heavy atom. The molecule has 3 aromatic carbocycles. The highest BCUT2D eigenvalue weighted by Gasteiger charge is 2.16. The van der Waals surface area contributed by atoms with E-state index in [-0.39, 0.29) is 22.8 Å². The fraction of sp³-hybridized carbons (Fsp3) is 0.194. The fourth-order valence-electron chi connectivity index (χ4n) is 5.30. The molecule has 1 aliphatic rings. The molecule has 0 unspecified atom stereocenters. The highest BCUT2D eigenvalue weighted by atomic mass is 32.1. The van der Waals surface area contributed by atoms with Crippen LogP contribution < -0.4 is 15.4 Å². The number of aromatic nitrogens is 1. The molecule has 6 rings (SSSR count). The molecule has 1 fully saturated rings. The van der Waals surface area contributed by atoms with Crippen molar-refractivity contribution in [3.63, 3.8) is 0 Å². The number of thiocarbonyl (C=S) groups is 1. The van der Waals surface area contributed by atoms with E-state index >= 15 is 4.39 Å². The van der Waals surface area contributed by atoms with Crippen LogP contribution in [-0.4, -0.2) is 59.0 Å². The lowest BCUT2D eigenvalue weighted by molar-refractivity contribution is -0.119. The number of thiophene rings is 1. The number of anilines is 1. The quantitative estimate of drug-likeness (QED) is 0.139. The predicted molar refractivity (Wildman–Crippen MR) is 187 cm³/mol. The lowest BCUT2D eigenvalue weighted by Gasteiger charge is -2.32. The molecular formula is C36H31F2N5O2S2. The van der Waals surface area contributed by atoms with Gasteiger partial charge in [0.15, 0.2) is 16.7 Å². The number of nitrogens with one attached hydrogen (secondary N) is 2. The number of hydrogen-bond acceptors (Lipinski definition) is 7. The summed E-state index contributed by atoms with van der Waals surface area (Å²) in [6.45, 7) is 5.26. The number of terminal acetylenes is 1. The molecule has 0 radical (unpaired) electrons. The van der Waals surface area contributed by atoms with E-state index < -0.39 is 17.5 Å². The average molecular weight is 668 g/mol. The monoisotopic (exact) mass is 667 g/mol. The number of benzene rings is 3. The van der Waals surface area contributed by atoms with Gasteiger partial charge < -0.3 is 20.3 Å². The van der Waals surface area contributed by atoms with E-state index in [1.807, 2.05) is 6.07 Å². The Kier molecular flexibility index (Phi) is 9.84. The van der Waals surface area contributed by atoms with Crippen LogP contribution in [0.1, 0.15) is 16.7 Å². The molecule has 2 aromatic heterocycles. The van der Waals surface area contributed by atoms with Gasteiger partial charge in [0.1, 0.15) is 11.6 Å². The Morgan fingerprint density at radius 1 is 1.02 bits per heavy atom. The van der Waals surface area contributed by atoms with E-state index in [1.54, 1.807) is 18.3 Å². The Morgan fingerprint density at radius 3 is 2.55 bits per heavy atom. The van der Waals surface area contributed by atoms with Crippen LogP contribution in [0.15, 0.2) is 79.0 Å². The molecule has 47 heavy (non-hydrogen) atoms. The first-order valence-corrected chi connectivity index (χ1v) is 16.2. The summed E-state index contributed by atoms with van der Waals surface area (Å²) in [5, 5.41) is 5.30. The molecule has 1 amide bonds. The first-order chi connectivity index (χ1) is 22.7. The summed E-state index contributed by atoms with van der Waals surface area (Å²) in [7, 11) is 2.16. The zero-order chi connectivity index (χ0) is 32.9. The van der Waals surface area contributed by atoms with Crippen molar-refractivity contribution in [1.29, 1.82) is 0 Å². The molecule has 11 heteroatoms. The van der Waals surface area contributed by atoms with Crippen LogP contribution in [0, 0.1) is 24.0 Å². The molecule has 1 saturated heterocycles. The summed E-state index contributed by atoms with van der Waals surface area (Å²) in [5.74, 6) is 1.33. The van der Waals surface area contributed by atoms with Crippen molar-refractivity contribution in [1.82, 2.24) is 20.1 Å². The van der Waals surface area contributed by atoms with Gasteiger partial charge in [-0.05, 0) is 66.3 Å². The zero-order valence-electron chi connectivity index (χ0n) is 25.6. The molecule has 1 aliphatic heterocycles. The van der Waals surface area contributed by atoms with Crippen molar-refractivity contribution < 1.29 is 18.3 Å². The molecular weight excluding hydrogens is 637 g/mol. The van der Waals surface area contributed by atoms with E-state index in [0.717, 1.165) is 53.4 Å². The van der Waals surface area contributed by atoms with E-state index in [9.17, 15) is 9.18 Å². The van der Waals surface area contributed by atoms with Crippen molar-refractivity contribution in [3.8, 4) is 34.3 Å². The number of pyridine rings is 1. The zero-order valence-corrected chi connectivity index (χ0v) is 27.2. The summed E-state index contributed by atoms with van der Waals surface area (Å²) in [5.41, 5.74) is 4.22. The summed E-state index contributed by atoms with van der Waals surface area (Å²) in [4.78, 5) is 22.9. The van der Waals surface area contributed by atoms with Gasteiger partial charge in [-0.1, -0.05) is 36.3 Å². The lowest BCUT2D eigenvalue weighted by Crippen LogP contribution is -2.43. The average Bonchev–Trinajstić information content (AvgIpc) is 3.50. The predicted octanol–water partition coefficient (Wildman–Crippen LogP) is 6.82. The Bertz CT molecular complexity index is 1980. The number of ether oxygens (including phenoxy) is 1. The third kappa shape index (κ3) is 7.99. The van der Waals surface area contributed by atoms with E-state index in [1.165, 1.54) is 47.2 Å². The number of amides is 1. The number of hydrogen-bond donors (Lipinski definition) is 2. The fourth-order valence-corrected chi connectivity index (χ4v) is 6.60. The minimum Gasteiger partial charge on any atom is -0.453 e.